The molecule has 158 valence electrons. The van der Waals surface area contributed by atoms with Crippen LogP contribution in [0.15, 0.2) is 42.0 Å². The van der Waals surface area contributed by atoms with Crippen molar-refractivity contribution in [2.75, 3.05) is 25.6 Å². The number of hydrogen-bond donors (Lipinski definition) is 1. The van der Waals surface area contributed by atoms with Gasteiger partial charge in [-0.3, -0.25) is 4.79 Å². The van der Waals surface area contributed by atoms with Crippen LogP contribution in [0.2, 0.25) is 0 Å². The maximum absolute atomic E-state index is 12.5. The molecule has 2 rings (SSSR count). The molecule has 8 heteroatoms. The monoisotopic (exact) mass is 530 g/mol. The predicted molar refractivity (Wildman–Crippen MR) is 125 cm³/mol. The fourth-order valence-corrected chi connectivity index (χ4v) is 3.28. The number of nitriles is 1. The third-order valence-electron chi connectivity index (χ3n) is 3.88. The summed E-state index contributed by atoms with van der Waals surface area (Å²) in [5, 5.41) is 12.1. The van der Waals surface area contributed by atoms with E-state index in [4.69, 9.17) is 20.6 Å². The summed E-state index contributed by atoms with van der Waals surface area (Å²) in [6, 6.07) is 11.5. The van der Waals surface area contributed by atoms with Crippen LogP contribution in [0.25, 0.3) is 6.08 Å². The number of nitrogens with one attached hydrogen (secondary N) is 1. The summed E-state index contributed by atoms with van der Waals surface area (Å²) in [5.74, 6) is 2.27. The Balaban J connectivity index is 2.22. The number of nitrogens with zero attached hydrogens (tertiary/aromatic N) is 1. The lowest BCUT2D eigenvalue weighted by Crippen LogP contribution is -2.13. The van der Waals surface area contributed by atoms with Crippen molar-refractivity contribution in [2.24, 2.45) is 0 Å². The van der Waals surface area contributed by atoms with Crippen molar-refractivity contribution in [1.29, 1.82) is 5.26 Å². The number of rotatable bonds is 8. The van der Waals surface area contributed by atoms with E-state index in [2.05, 4.69) is 33.8 Å². The van der Waals surface area contributed by atoms with Crippen molar-refractivity contribution in [3.8, 4) is 29.9 Å². The van der Waals surface area contributed by atoms with Gasteiger partial charge in [0, 0.05) is 5.69 Å². The fraction of sp³-hybridized carbons (Fsp3) is 0.174. The van der Waals surface area contributed by atoms with E-state index in [-0.39, 0.29) is 18.8 Å². The zero-order valence-corrected chi connectivity index (χ0v) is 19.1. The molecule has 0 aromatic heterocycles. The third-order valence-corrected chi connectivity index (χ3v) is 4.68. The highest BCUT2D eigenvalue weighted by Crippen LogP contribution is 2.34. The van der Waals surface area contributed by atoms with E-state index in [1.807, 2.05) is 6.07 Å². The van der Waals surface area contributed by atoms with Gasteiger partial charge in [-0.1, -0.05) is 5.92 Å². The molecule has 0 radical (unpaired) electrons. The lowest BCUT2D eigenvalue weighted by molar-refractivity contribution is -0.112. The Bertz CT molecular complexity index is 1080. The summed E-state index contributed by atoms with van der Waals surface area (Å²) in [6.45, 7) is 2.08. The Kier molecular flexibility index (Phi) is 8.92. The molecule has 0 aliphatic rings. The van der Waals surface area contributed by atoms with E-state index in [0.717, 1.165) is 0 Å². The molecule has 31 heavy (non-hydrogen) atoms. The molecule has 0 aliphatic carbocycles. The zero-order chi connectivity index (χ0) is 22.8. The van der Waals surface area contributed by atoms with Crippen molar-refractivity contribution in [2.45, 2.75) is 6.92 Å². The average Bonchev–Trinajstić information content (AvgIpc) is 2.76. The van der Waals surface area contributed by atoms with Crippen LogP contribution in [0.5, 0.6) is 11.5 Å². The molecule has 0 saturated carbocycles. The highest BCUT2D eigenvalue weighted by molar-refractivity contribution is 14.1. The molecule has 0 saturated heterocycles. The minimum atomic E-state index is -0.590. The second-order valence-electron chi connectivity index (χ2n) is 5.95. The first kappa shape index (κ1) is 23.8. The highest BCUT2D eigenvalue weighted by atomic mass is 127. The van der Waals surface area contributed by atoms with Gasteiger partial charge in [-0.05, 0) is 77.6 Å². The standard InChI is InChI=1S/C23H19IN2O5/c1-4-10-31-21-19(24)12-15(13-20(21)29-3)11-17(14-25)22(27)26-18-8-6-16(7-9-18)23(28)30-5-2/h1,6-9,11-13H,5,10H2,2-3H3,(H,26,27)/b17-11+. The number of terminal acetylenes is 1. The SMILES string of the molecule is C#CCOc1c(I)cc(/C=C(\C#N)C(=O)Nc2ccc(C(=O)OCC)cc2)cc1OC. The second kappa shape index (κ2) is 11.6. The molecule has 7 nitrogen and oxygen atoms in total. The van der Waals surface area contributed by atoms with Crippen molar-refractivity contribution in [3.05, 3.63) is 56.7 Å². The van der Waals surface area contributed by atoms with Crippen LogP contribution in [0.1, 0.15) is 22.8 Å². The Morgan fingerprint density at radius 3 is 2.55 bits per heavy atom. The number of esters is 1. The quantitative estimate of drug-likeness (QED) is 0.182. The van der Waals surface area contributed by atoms with E-state index in [9.17, 15) is 14.9 Å². The fourth-order valence-electron chi connectivity index (χ4n) is 2.49. The molecule has 2 aromatic rings. The molecule has 2 aromatic carbocycles. The Morgan fingerprint density at radius 2 is 1.97 bits per heavy atom. The van der Waals surface area contributed by atoms with Crippen LogP contribution in [-0.2, 0) is 9.53 Å². The van der Waals surface area contributed by atoms with Gasteiger partial charge in [0.2, 0.25) is 0 Å². The van der Waals surface area contributed by atoms with E-state index in [0.29, 0.717) is 31.9 Å². The van der Waals surface area contributed by atoms with Crippen molar-refractivity contribution in [3.63, 3.8) is 0 Å². The van der Waals surface area contributed by atoms with E-state index in [1.165, 1.54) is 25.3 Å². The van der Waals surface area contributed by atoms with Gasteiger partial charge < -0.3 is 19.5 Å². The maximum atomic E-state index is 12.5. The first-order chi connectivity index (χ1) is 14.9. The molecule has 1 N–H and O–H groups in total. The highest BCUT2D eigenvalue weighted by Gasteiger charge is 2.14. The zero-order valence-electron chi connectivity index (χ0n) is 16.9. The van der Waals surface area contributed by atoms with Crippen LogP contribution in [0.3, 0.4) is 0 Å². The van der Waals surface area contributed by atoms with Gasteiger partial charge in [0.1, 0.15) is 18.2 Å². The van der Waals surface area contributed by atoms with Crippen molar-refractivity contribution in [1.82, 2.24) is 0 Å². The van der Waals surface area contributed by atoms with Gasteiger partial charge in [-0.2, -0.15) is 5.26 Å². The molecule has 0 atom stereocenters. The molecule has 0 aliphatic heterocycles. The van der Waals surface area contributed by atoms with E-state index < -0.39 is 11.9 Å². The minimum absolute atomic E-state index is 0.0857. The van der Waals surface area contributed by atoms with Gasteiger partial charge >= 0.3 is 5.97 Å². The number of carbonyl (C=O) groups excluding carboxylic acids is 2. The van der Waals surface area contributed by atoms with Gasteiger partial charge in [0.25, 0.3) is 5.91 Å². The Hall–Kier alpha value is -3.50. The number of ether oxygens (including phenoxy) is 3. The van der Waals surface area contributed by atoms with E-state index in [1.54, 1.807) is 31.2 Å². The molecule has 0 heterocycles. The topological polar surface area (TPSA) is 97.7 Å². The number of carbonyl (C=O) groups is 2. The predicted octanol–water partition coefficient (Wildman–Crippen LogP) is 4.03. The van der Waals surface area contributed by atoms with Gasteiger partial charge in [0.05, 0.1) is 22.9 Å². The Morgan fingerprint density at radius 1 is 1.26 bits per heavy atom. The Labute approximate surface area is 194 Å². The number of hydrogen-bond acceptors (Lipinski definition) is 6. The van der Waals surface area contributed by atoms with Crippen molar-refractivity contribution < 1.29 is 23.8 Å². The summed E-state index contributed by atoms with van der Waals surface area (Å²) in [4.78, 5) is 24.3. The smallest absolute Gasteiger partial charge is 0.338 e. The van der Waals surface area contributed by atoms with Crippen LogP contribution >= 0.6 is 22.6 Å². The summed E-state index contributed by atoms with van der Waals surface area (Å²) < 4.78 is 16.5. The molecule has 1 amide bonds. The number of methoxy groups -OCH3 is 1. The van der Waals surface area contributed by atoms with E-state index >= 15 is 0 Å². The molecular weight excluding hydrogens is 511 g/mol. The van der Waals surface area contributed by atoms with Gasteiger partial charge in [-0.15, -0.1) is 6.42 Å². The summed E-state index contributed by atoms with van der Waals surface area (Å²) in [5.41, 5.74) is 1.28. The first-order valence-corrected chi connectivity index (χ1v) is 10.2. The number of amides is 1. The van der Waals surface area contributed by atoms with Crippen LogP contribution in [0.4, 0.5) is 5.69 Å². The van der Waals surface area contributed by atoms with Crippen LogP contribution in [-0.4, -0.2) is 32.2 Å². The minimum Gasteiger partial charge on any atom is -0.493 e. The number of benzene rings is 2. The normalized spacial score (nSPS) is 10.4. The summed E-state index contributed by atoms with van der Waals surface area (Å²) >= 11 is 2.06. The molecule has 0 bridgehead atoms. The number of halogens is 1. The van der Waals surface area contributed by atoms with Crippen molar-refractivity contribution >= 4 is 46.2 Å². The maximum Gasteiger partial charge on any atom is 0.338 e. The lowest BCUT2D eigenvalue weighted by atomic mass is 10.1. The summed E-state index contributed by atoms with van der Waals surface area (Å²) in [7, 11) is 1.49. The largest absolute Gasteiger partial charge is 0.493 e. The second-order valence-corrected chi connectivity index (χ2v) is 7.11. The molecule has 0 fully saturated rings. The average molecular weight is 530 g/mol. The summed E-state index contributed by atoms with van der Waals surface area (Å²) in [6.07, 6.45) is 6.68. The molecule has 0 unspecified atom stereocenters. The lowest BCUT2D eigenvalue weighted by Gasteiger charge is -2.12. The van der Waals surface area contributed by atoms with Crippen LogP contribution < -0.4 is 14.8 Å². The molecule has 0 spiro atoms. The third kappa shape index (κ3) is 6.49. The molecular formula is C23H19IN2O5. The number of anilines is 1. The van der Waals surface area contributed by atoms with Gasteiger partial charge in [0.15, 0.2) is 11.5 Å². The van der Waals surface area contributed by atoms with Crippen LogP contribution in [0, 0.1) is 27.2 Å². The first-order valence-electron chi connectivity index (χ1n) is 9.07. The van der Waals surface area contributed by atoms with Gasteiger partial charge in [-0.25, -0.2) is 4.79 Å².